The van der Waals surface area contributed by atoms with Crippen molar-refractivity contribution in [2.24, 2.45) is 5.41 Å². The summed E-state index contributed by atoms with van der Waals surface area (Å²) in [6, 6.07) is 0. The lowest BCUT2D eigenvalue weighted by Crippen LogP contribution is -2.22. The Morgan fingerprint density at radius 3 is 2.45 bits per heavy atom. The highest BCUT2D eigenvalue weighted by atomic mass is 16.5. The van der Waals surface area contributed by atoms with Gasteiger partial charge in [0.15, 0.2) is 0 Å². The predicted octanol–water partition coefficient (Wildman–Crippen LogP) is 0.958. The van der Waals surface area contributed by atoms with Gasteiger partial charge in [0.05, 0.1) is 13.0 Å². The third kappa shape index (κ3) is 4.79. The first-order chi connectivity index (χ1) is 5.02. The lowest BCUT2D eigenvalue weighted by Gasteiger charge is -2.19. The quantitative estimate of drug-likeness (QED) is 0.623. The van der Waals surface area contributed by atoms with Crippen molar-refractivity contribution in [2.45, 2.75) is 27.2 Å². The smallest absolute Gasteiger partial charge is 0.306 e. The fraction of sp³-hybridized carbons (Fsp3) is 0.875. The van der Waals surface area contributed by atoms with E-state index in [0.29, 0.717) is 6.61 Å². The molecular formula is C8H16O3. The molecule has 0 aromatic rings. The highest BCUT2D eigenvalue weighted by Gasteiger charge is 2.21. The van der Waals surface area contributed by atoms with E-state index in [4.69, 9.17) is 9.84 Å². The number of aliphatic hydroxyl groups is 1. The summed E-state index contributed by atoms with van der Waals surface area (Å²) in [5.41, 5.74) is -0.355. The molecule has 0 saturated carbocycles. The van der Waals surface area contributed by atoms with Crippen LogP contribution in [0.4, 0.5) is 0 Å². The normalized spacial score (nSPS) is 11.3. The second-order valence-corrected chi connectivity index (χ2v) is 3.30. The van der Waals surface area contributed by atoms with Gasteiger partial charge in [0.25, 0.3) is 0 Å². The molecule has 0 aromatic heterocycles. The zero-order valence-electron chi connectivity index (χ0n) is 7.39. The van der Waals surface area contributed by atoms with Gasteiger partial charge in [0.2, 0.25) is 0 Å². The summed E-state index contributed by atoms with van der Waals surface area (Å²) in [5.74, 6) is -0.244. The fourth-order valence-corrected chi connectivity index (χ4v) is 0.659. The van der Waals surface area contributed by atoms with Gasteiger partial charge in [-0.3, -0.25) is 4.79 Å². The van der Waals surface area contributed by atoms with E-state index in [1.54, 1.807) is 6.92 Å². The first kappa shape index (κ1) is 10.4. The lowest BCUT2D eigenvalue weighted by atomic mass is 9.91. The molecule has 0 atom stereocenters. The minimum atomic E-state index is -0.355. The van der Waals surface area contributed by atoms with Crippen LogP contribution in [0.1, 0.15) is 27.2 Å². The number of esters is 1. The molecule has 0 aliphatic carbocycles. The predicted molar refractivity (Wildman–Crippen MR) is 42.1 cm³/mol. The molecule has 0 aliphatic heterocycles. The molecule has 0 spiro atoms. The molecule has 0 amide bonds. The van der Waals surface area contributed by atoms with Crippen LogP contribution in [0.3, 0.4) is 0 Å². The summed E-state index contributed by atoms with van der Waals surface area (Å²) in [5, 5.41) is 8.80. The van der Waals surface area contributed by atoms with Crippen molar-refractivity contribution in [2.75, 3.05) is 13.2 Å². The van der Waals surface area contributed by atoms with Gasteiger partial charge in [-0.1, -0.05) is 13.8 Å². The second-order valence-electron chi connectivity index (χ2n) is 3.30. The number of hydrogen-bond acceptors (Lipinski definition) is 3. The van der Waals surface area contributed by atoms with Gasteiger partial charge in [0.1, 0.15) is 0 Å². The van der Waals surface area contributed by atoms with Gasteiger partial charge in [-0.2, -0.15) is 0 Å². The molecular weight excluding hydrogens is 144 g/mol. The summed E-state index contributed by atoms with van der Waals surface area (Å²) in [6.45, 7) is 5.82. The van der Waals surface area contributed by atoms with Crippen LogP contribution < -0.4 is 0 Å². The highest BCUT2D eigenvalue weighted by molar-refractivity contribution is 5.70. The average Bonchev–Trinajstić information content (AvgIpc) is 1.87. The Kier molecular flexibility index (Phi) is 4.11. The van der Waals surface area contributed by atoms with E-state index in [9.17, 15) is 4.79 Å². The molecule has 0 unspecified atom stereocenters. The largest absolute Gasteiger partial charge is 0.466 e. The van der Waals surface area contributed by atoms with Crippen molar-refractivity contribution in [3.05, 3.63) is 0 Å². The number of ether oxygens (including phenoxy) is 1. The summed E-state index contributed by atoms with van der Waals surface area (Å²) >= 11 is 0. The number of hydrogen-bond donors (Lipinski definition) is 1. The van der Waals surface area contributed by atoms with E-state index in [1.165, 1.54) is 0 Å². The second kappa shape index (κ2) is 4.34. The van der Waals surface area contributed by atoms with E-state index in [-0.39, 0.29) is 24.4 Å². The van der Waals surface area contributed by atoms with Gasteiger partial charge in [-0.15, -0.1) is 0 Å². The zero-order valence-corrected chi connectivity index (χ0v) is 7.39. The SMILES string of the molecule is CCOC(=O)CC(C)(C)CO. The maximum Gasteiger partial charge on any atom is 0.306 e. The van der Waals surface area contributed by atoms with Crippen molar-refractivity contribution in [3.8, 4) is 0 Å². The Morgan fingerprint density at radius 2 is 2.09 bits per heavy atom. The summed E-state index contributed by atoms with van der Waals surface area (Å²) in [6.07, 6.45) is 0.275. The Balaban J connectivity index is 3.74. The van der Waals surface area contributed by atoms with Crippen LogP contribution in [-0.4, -0.2) is 24.3 Å². The van der Waals surface area contributed by atoms with Gasteiger partial charge in [-0.05, 0) is 12.3 Å². The van der Waals surface area contributed by atoms with Crippen LogP contribution in [-0.2, 0) is 9.53 Å². The van der Waals surface area contributed by atoms with Crippen molar-refractivity contribution >= 4 is 5.97 Å². The van der Waals surface area contributed by atoms with Crippen LogP contribution in [0, 0.1) is 5.41 Å². The fourth-order valence-electron chi connectivity index (χ4n) is 0.659. The molecule has 66 valence electrons. The molecule has 0 bridgehead atoms. The van der Waals surface area contributed by atoms with Crippen LogP contribution in [0.5, 0.6) is 0 Å². The number of rotatable bonds is 4. The van der Waals surface area contributed by atoms with Crippen molar-refractivity contribution in [1.29, 1.82) is 0 Å². The monoisotopic (exact) mass is 160 g/mol. The number of carbonyl (C=O) groups is 1. The van der Waals surface area contributed by atoms with Crippen LogP contribution in [0.25, 0.3) is 0 Å². The van der Waals surface area contributed by atoms with Crippen molar-refractivity contribution < 1.29 is 14.6 Å². The minimum Gasteiger partial charge on any atom is -0.466 e. The van der Waals surface area contributed by atoms with Gasteiger partial charge < -0.3 is 9.84 Å². The van der Waals surface area contributed by atoms with Gasteiger partial charge in [-0.25, -0.2) is 0 Å². The van der Waals surface area contributed by atoms with E-state index in [2.05, 4.69) is 0 Å². The minimum absolute atomic E-state index is 0.00577. The van der Waals surface area contributed by atoms with E-state index >= 15 is 0 Å². The molecule has 0 heterocycles. The van der Waals surface area contributed by atoms with E-state index in [0.717, 1.165) is 0 Å². The Labute approximate surface area is 67.4 Å². The van der Waals surface area contributed by atoms with Crippen LogP contribution >= 0.6 is 0 Å². The maximum absolute atomic E-state index is 10.9. The van der Waals surface area contributed by atoms with E-state index in [1.807, 2.05) is 13.8 Å². The third-order valence-electron chi connectivity index (χ3n) is 1.36. The molecule has 0 radical (unpaired) electrons. The Hall–Kier alpha value is -0.570. The Bertz CT molecular complexity index is 129. The molecule has 0 saturated heterocycles. The molecule has 11 heavy (non-hydrogen) atoms. The Morgan fingerprint density at radius 1 is 1.55 bits per heavy atom. The van der Waals surface area contributed by atoms with E-state index < -0.39 is 0 Å². The molecule has 0 aromatic carbocycles. The summed E-state index contributed by atoms with van der Waals surface area (Å²) < 4.78 is 4.73. The standard InChI is InChI=1S/C8H16O3/c1-4-11-7(10)5-8(2,3)6-9/h9H,4-6H2,1-3H3. The van der Waals surface area contributed by atoms with Crippen molar-refractivity contribution in [3.63, 3.8) is 0 Å². The van der Waals surface area contributed by atoms with Crippen LogP contribution in [0.2, 0.25) is 0 Å². The van der Waals surface area contributed by atoms with Gasteiger partial charge >= 0.3 is 5.97 Å². The molecule has 0 fully saturated rings. The maximum atomic E-state index is 10.9. The number of carbonyl (C=O) groups excluding carboxylic acids is 1. The lowest BCUT2D eigenvalue weighted by molar-refractivity contribution is -0.146. The molecule has 0 rings (SSSR count). The average molecular weight is 160 g/mol. The molecule has 0 aliphatic rings. The third-order valence-corrected chi connectivity index (χ3v) is 1.36. The van der Waals surface area contributed by atoms with Gasteiger partial charge in [0, 0.05) is 6.61 Å². The van der Waals surface area contributed by atoms with Crippen molar-refractivity contribution in [1.82, 2.24) is 0 Å². The topological polar surface area (TPSA) is 46.5 Å². The highest BCUT2D eigenvalue weighted by Crippen LogP contribution is 2.19. The molecule has 3 heteroatoms. The summed E-state index contributed by atoms with van der Waals surface area (Å²) in [4.78, 5) is 10.9. The number of aliphatic hydroxyl groups excluding tert-OH is 1. The molecule has 3 nitrogen and oxygen atoms in total. The summed E-state index contributed by atoms with van der Waals surface area (Å²) in [7, 11) is 0. The van der Waals surface area contributed by atoms with Crippen LogP contribution in [0.15, 0.2) is 0 Å². The molecule has 1 N–H and O–H groups in total. The zero-order chi connectivity index (χ0) is 8.91. The first-order valence-corrected chi connectivity index (χ1v) is 3.78. The first-order valence-electron chi connectivity index (χ1n) is 3.78.